The van der Waals surface area contributed by atoms with Crippen LogP contribution in [-0.2, 0) is 14.3 Å². The third kappa shape index (κ3) is 6.54. The average Bonchev–Trinajstić information content (AvgIpc) is 2.71. The number of hydrogen-bond donors (Lipinski definition) is 0. The van der Waals surface area contributed by atoms with E-state index in [4.69, 9.17) is 9.47 Å². The number of benzene rings is 2. The van der Waals surface area contributed by atoms with Gasteiger partial charge in [-0.1, -0.05) is 0 Å². The van der Waals surface area contributed by atoms with Crippen molar-refractivity contribution >= 4 is 40.6 Å². The number of Topliss-reactive ketones (excluding diaryl/α,β-unsaturated/α-hetero) is 1. The summed E-state index contributed by atoms with van der Waals surface area (Å²) in [5, 5.41) is 2.27. The van der Waals surface area contributed by atoms with Crippen LogP contribution in [0.3, 0.4) is 0 Å². The number of nitrogens with zero attached hydrogens (tertiary/aromatic N) is 1. The molecule has 7 heteroatoms. The highest BCUT2D eigenvalue weighted by Gasteiger charge is 2.11. The molecular weight excluding hydrogens is 378 g/mol. The number of isothiocyanates is 1. The lowest BCUT2D eigenvalue weighted by Crippen LogP contribution is -2.14. The van der Waals surface area contributed by atoms with Crippen LogP contribution in [0.4, 0.5) is 5.69 Å². The first-order valence-electron chi connectivity index (χ1n) is 8.66. The van der Waals surface area contributed by atoms with Gasteiger partial charge in [0.25, 0.3) is 0 Å². The molecule has 0 bridgehead atoms. The fourth-order valence-corrected chi connectivity index (χ4v) is 2.43. The van der Waals surface area contributed by atoms with Gasteiger partial charge in [-0.05, 0) is 67.7 Å². The van der Waals surface area contributed by atoms with Crippen LogP contribution in [0.1, 0.15) is 35.7 Å². The van der Waals surface area contributed by atoms with Gasteiger partial charge in [-0.25, -0.2) is 0 Å². The third-order valence-corrected chi connectivity index (χ3v) is 3.83. The van der Waals surface area contributed by atoms with Gasteiger partial charge in [0.05, 0.1) is 23.9 Å². The number of aliphatic imine (C=N–C) groups is 1. The lowest BCUT2D eigenvalue weighted by molar-refractivity contribution is -0.144. The van der Waals surface area contributed by atoms with E-state index in [0.29, 0.717) is 29.2 Å². The summed E-state index contributed by atoms with van der Waals surface area (Å²) in [6.07, 6.45) is 0.108. The Bertz CT molecular complexity index is 884. The van der Waals surface area contributed by atoms with Crippen molar-refractivity contribution in [2.45, 2.75) is 19.8 Å². The summed E-state index contributed by atoms with van der Waals surface area (Å²) in [6.45, 7) is 1.86. The number of ether oxygens (including phenoxy) is 2. The van der Waals surface area contributed by atoms with E-state index in [0.717, 1.165) is 0 Å². The Morgan fingerprint density at radius 3 is 2.14 bits per heavy atom. The first-order chi connectivity index (χ1) is 13.5. The van der Waals surface area contributed by atoms with Gasteiger partial charge in [0.15, 0.2) is 11.6 Å². The highest BCUT2D eigenvalue weighted by atomic mass is 32.1. The molecule has 144 valence electrons. The topological polar surface area (TPSA) is 82.0 Å². The lowest BCUT2D eigenvalue weighted by atomic mass is 10.0. The largest absolute Gasteiger partial charge is 0.486 e. The van der Waals surface area contributed by atoms with Crippen LogP contribution in [0.25, 0.3) is 0 Å². The molecule has 0 aliphatic heterocycles. The molecule has 0 amide bonds. The summed E-state index contributed by atoms with van der Waals surface area (Å²) in [5.41, 5.74) is 1.64. The molecular formula is C21H19NO5S. The van der Waals surface area contributed by atoms with E-state index in [1.54, 1.807) is 55.5 Å². The zero-order valence-electron chi connectivity index (χ0n) is 15.3. The Morgan fingerprint density at radius 2 is 1.57 bits per heavy atom. The molecule has 0 saturated heterocycles. The zero-order chi connectivity index (χ0) is 20.4. The Labute approximate surface area is 168 Å². The van der Waals surface area contributed by atoms with Crippen molar-refractivity contribution in [1.82, 2.24) is 0 Å². The predicted octanol–water partition coefficient (Wildman–Crippen LogP) is 3.94. The molecule has 0 heterocycles. The van der Waals surface area contributed by atoms with Gasteiger partial charge in [0.1, 0.15) is 12.4 Å². The second-order valence-electron chi connectivity index (χ2n) is 5.74. The van der Waals surface area contributed by atoms with Crippen LogP contribution in [0.5, 0.6) is 5.75 Å². The van der Waals surface area contributed by atoms with Crippen LogP contribution in [-0.4, -0.2) is 35.9 Å². The maximum absolute atomic E-state index is 12.5. The summed E-state index contributed by atoms with van der Waals surface area (Å²) in [5.74, 6) is -0.283. The maximum atomic E-state index is 12.5. The predicted molar refractivity (Wildman–Crippen MR) is 107 cm³/mol. The van der Waals surface area contributed by atoms with E-state index in [1.807, 2.05) is 0 Å². The first-order valence-corrected chi connectivity index (χ1v) is 9.07. The Morgan fingerprint density at radius 1 is 0.964 bits per heavy atom. The number of carbonyl (C=O) groups is 3. The van der Waals surface area contributed by atoms with Crippen molar-refractivity contribution < 1.29 is 23.9 Å². The molecule has 0 spiro atoms. The lowest BCUT2D eigenvalue weighted by Gasteiger charge is -2.07. The zero-order valence-corrected chi connectivity index (χ0v) is 16.2. The Balaban J connectivity index is 1.88. The average molecular weight is 397 g/mol. The van der Waals surface area contributed by atoms with Gasteiger partial charge in [-0.3, -0.25) is 14.4 Å². The van der Waals surface area contributed by atoms with Crippen LogP contribution in [0.2, 0.25) is 0 Å². The van der Waals surface area contributed by atoms with E-state index in [1.165, 1.54) is 0 Å². The molecule has 28 heavy (non-hydrogen) atoms. The number of rotatable bonds is 10. The van der Waals surface area contributed by atoms with Gasteiger partial charge in [-0.2, -0.15) is 4.99 Å². The van der Waals surface area contributed by atoms with Crippen molar-refractivity contribution in [2.24, 2.45) is 4.99 Å². The molecule has 0 N–H and O–H groups in total. The van der Waals surface area contributed by atoms with Gasteiger partial charge < -0.3 is 9.47 Å². The second kappa shape index (κ2) is 10.9. The molecule has 0 radical (unpaired) electrons. The number of carbonyl (C=O) groups excluding carboxylic acids is 3. The van der Waals surface area contributed by atoms with Crippen molar-refractivity contribution in [3.8, 4) is 5.75 Å². The quantitative estimate of drug-likeness (QED) is 0.261. The fraction of sp³-hybridized carbons (Fsp3) is 0.238. The van der Waals surface area contributed by atoms with E-state index < -0.39 is 5.97 Å². The Hall–Kier alpha value is -3.15. The molecule has 2 aromatic rings. The monoisotopic (exact) mass is 397 g/mol. The van der Waals surface area contributed by atoms with Crippen LogP contribution >= 0.6 is 12.2 Å². The van der Waals surface area contributed by atoms with Gasteiger partial charge in [0, 0.05) is 17.5 Å². The van der Waals surface area contributed by atoms with Crippen molar-refractivity contribution in [2.75, 3.05) is 13.2 Å². The molecule has 0 aliphatic carbocycles. The van der Waals surface area contributed by atoms with E-state index in [2.05, 4.69) is 22.4 Å². The highest BCUT2D eigenvalue weighted by molar-refractivity contribution is 7.78. The molecule has 0 saturated carbocycles. The maximum Gasteiger partial charge on any atom is 0.306 e. The SMILES string of the molecule is CCOC(=O)CCC(=O)COc1ccc(C(=O)c2ccc(N=C=S)cc2)cc1. The molecule has 0 aromatic heterocycles. The van der Waals surface area contributed by atoms with Crippen LogP contribution in [0.15, 0.2) is 53.5 Å². The molecule has 2 rings (SSSR count). The van der Waals surface area contributed by atoms with Crippen molar-refractivity contribution in [3.05, 3.63) is 59.7 Å². The van der Waals surface area contributed by atoms with Crippen LogP contribution in [0, 0.1) is 0 Å². The van der Waals surface area contributed by atoms with Crippen LogP contribution < -0.4 is 4.74 Å². The van der Waals surface area contributed by atoms with Crippen molar-refractivity contribution in [1.29, 1.82) is 0 Å². The third-order valence-electron chi connectivity index (χ3n) is 3.73. The highest BCUT2D eigenvalue weighted by Crippen LogP contribution is 2.18. The molecule has 0 atom stereocenters. The van der Waals surface area contributed by atoms with Gasteiger partial charge in [0.2, 0.25) is 0 Å². The molecule has 0 unspecified atom stereocenters. The number of hydrogen-bond acceptors (Lipinski definition) is 7. The van der Waals surface area contributed by atoms with E-state index in [-0.39, 0.29) is 31.0 Å². The summed E-state index contributed by atoms with van der Waals surface area (Å²) in [4.78, 5) is 39.3. The van der Waals surface area contributed by atoms with E-state index >= 15 is 0 Å². The first kappa shape index (κ1) is 21.2. The molecule has 2 aromatic carbocycles. The smallest absolute Gasteiger partial charge is 0.306 e. The minimum Gasteiger partial charge on any atom is -0.486 e. The minimum absolute atomic E-state index is 0.0397. The normalized spacial score (nSPS) is 9.89. The van der Waals surface area contributed by atoms with Gasteiger partial charge in [-0.15, -0.1) is 0 Å². The second-order valence-corrected chi connectivity index (χ2v) is 5.92. The Kier molecular flexibility index (Phi) is 8.21. The summed E-state index contributed by atoms with van der Waals surface area (Å²) < 4.78 is 10.2. The minimum atomic E-state index is -0.402. The number of thiocarbonyl (C=S) groups is 1. The number of ketones is 2. The summed E-state index contributed by atoms with van der Waals surface area (Å²) in [6, 6.07) is 13.2. The number of esters is 1. The summed E-state index contributed by atoms with van der Waals surface area (Å²) >= 11 is 4.54. The molecule has 6 nitrogen and oxygen atoms in total. The summed E-state index contributed by atoms with van der Waals surface area (Å²) in [7, 11) is 0. The standard InChI is InChI=1S/C21H19NO5S/c1-2-26-20(24)12-9-18(23)13-27-19-10-5-16(6-11-19)21(25)15-3-7-17(8-4-15)22-14-28/h3-8,10-11H,2,9,12-13H2,1H3. The van der Waals surface area contributed by atoms with E-state index in [9.17, 15) is 14.4 Å². The van der Waals surface area contributed by atoms with Gasteiger partial charge >= 0.3 is 5.97 Å². The molecule has 0 fully saturated rings. The fourth-order valence-electron chi connectivity index (χ4n) is 2.32. The van der Waals surface area contributed by atoms with Crippen molar-refractivity contribution in [3.63, 3.8) is 0 Å². The molecule has 0 aliphatic rings.